The summed E-state index contributed by atoms with van der Waals surface area (Å²) < 4.78 is 50.6. The van der Waals surface area contributed by atoms with Gasteiger partial charge in [0.2, 0.25) is 0 Å². The van der Waals surface area contributed by atoms with E-state index in [2.05, 4.69) is 13.1 Å². The average molecular weight is 484 g/mol. The number of phosphoric acid groups is 3. The van der Waals surface area contributed by atoms with Gasteiger partial charge >= 0.3 is 29.2 Å². The summed E-state index contributed by atoms with van der Waals surface area (Å²) in [4.78, 5) is 59.9. The van der Waals surface area contributed by atoms with Crippen LogP contribution in [0.2, 0.25) is 0 Å². The first-order valence-corrected chi connectivity index (χ1v) is 11.7. The maximum absolute atomic E-state index is 11.7. The molecule has 1 aliphatic heterocycles. The number of H-pyrrole nitrogens is 1. The van der Waals surface area contributed by atoms with Crippen molar-refractivity contribution in [3.8, 4) is 0 Å². The number of rotatable bonds is 8. The Morgan fingerprint density at radius 3 is 2.21 bits per heavy atom. The minimum atomic E-state index is -5.73. The lowest BCUT2D eigenvalue weighted by Gasteiger charge is -2.19. The van der Waals surface area contributed by atoms with Crippen molar-refractivity contribution in [3.63, 3.8) is 0 Å². The molecule has 1 saturated heterocycles. The van der Waals surface area contributed by atoms with Crippen LogP contribution < -0.4 is 11.2 Å². The van der Waals surface area contributed by atoms with Crippen molar-refractivity contribution in [2.24, 2.45) is 0 Å². The Bertz CT molecular complexity index is 997. The van der Waals surface area contributed by atoms with Crippen LogP contribution in [-0.4, -0.2) is 64.3 Å². The zero-order chi connectivity index (χ0) is 22.2. The molecular weight excluding hydrogens is 469 g/mol. The summed E-state index contributed by atoms with van der Waals surface area (Å²) in [7, 11) is -16.8. The van der Waals surface area contributed by atoms with E-state index in [4.69, 9.17) is 19.4 Å². The number of aliphatic hydroxyl groups is 2. The SMILES string of the molecule is O=c1ccn([C@@H]2O[C@@H](COP(=O)(O)OP(=O)(O)OP(=O)(O)O)[C@H](O)[C@@H]2O)c(=O)[nH]1. The van der Waals surface area contributed by atoms with Gasteiger partial charge in [0, 0.05) is 12.3 Å². The number of nitrogens with one attached hydrogen (secondary N) is 1. The lowest BCUT2D eigenvalue weighted by atomic mass is 10.1. The molecule has 6 atom stereocenters. The highest BCUT2D eigenvalue weighted by molar-refractivity contribution is 7.66. The molecule has 2 heterocycles. The first-order chi connectivity index (χ1) is 13.1. The van der Waals surface area contributed by atoms with Gasteiger partial charge in [-0.3, -0.25) is 18.9 Å². The van der Waals surface area contributed by atoms with Crippen LogP contribution in [0.1, 0.15) is 6.23 Å². The summed E-state index contributed by atoms with van der Waals surface area (Å²) in [6, 6.07) is 0.920. The summed E-state index contributed by atoms with van der Waals surface area (Å²) in [5.41, 5.74) is -1.74. The van der Waals surface area contributed by atoms with E-state index in [1.54, 1.807) is 0 Å². The normalized spacial score (nSPS) is 29.3. The highest BCUT2D eigenvalue weighted by Crippen LogP contribution is 2.66. The van der Waals surface area contributed by atoms with Gasteiger partial charge in [-0.25, -0.2) is 18.5 Å². The van der Waals surface area contributed by atoms with E-state index in [1.807, 2.05) is 4.98 Å². The molecule has 1 aromatic rings. The fourth-order valence-electron chi connectivity index (χ4n) is 2.20. The van der Waals surface area contributed by atoms with E-state index in [9.17, 15) is 38.4 Å². The molecule has 0 saturated carbocycles. The monoisotopic (exact) mass is 484 g/mol. The molecular formula is C9H15N2O15P3. The average Bonchev–Trinajstić information content (AvgIpc) is 2.78. The standard InChI is InChI=1S/C9H15N2O15P3/c12-5-1-2-11(9(15)10-5)8-7(14)6(13)4(24-8)3-23-28(19,20)26-29(21,22)25-27(16,17)18/h1-2,4,6-8,13-14H,3H2,(H,19,20)(H,21,22)(H,10,12,15)(H2,16,17,18)/t4-,6-,7-,8+/m0/s1. The van der Waals surface area contributed by atoms with Crippen LogP contribution in [0, 0.1) is 0 Å². The van der Waals surface area contributed by atoms with Gasteiger partial charge in [0.1, 0.15) is 18.3 Å². The van der Waals surface area contributed by atoms with Crippen molar-refractivity contribution in [2.75, 3.05) is 6.61 Å². The number of ether oxygens (including phenoxy) is 1. The molecule has 0 aromatic carbocycles. The molecule has 2 rings (SSSR count). The second-order valence-corrected chi connectivity index (χ2v) is 9.87. The number of phosphoric ester groups is 1. The second-order valence-electron chi connectivity index (χ2n) is 5.45. The lowest BCUT2D eigenvalue weighted by molar-refractivity contribution is -0.0542. The largest absolute Gasteiger partial charge is 0.490 e. The van der Waals surface area contributed by atoms with Gasteiger partial charge < -0.3 is 34.5 Å². The highest BCUT2D eigenvalue weighted by Gasteiger charge is 2.46. The number of aromatic amines is 1. The maximum Gasteiger partial charge on any atom is 0.490 e. The van der Waals surface area contributed by atoms with Crippen LogP contribution in [0.5, 0.6) is 0 Å². The zero-order valence-corrected chi connectivity index (χ0v) is 16.5. The van der Waals surface area contributed by atoms with Gasteiger partial charge in [0.25, 0.3) is 5.56 Å². The number of hydrogen-bond acceptors (Lipinski definition) is 11. The molecule has 1 fully saturated rings. The fourth-order valence-corrected chi connectivity index (χ4v) is 5.23. The van der Waals surface area contributed by atoms with E-state index in [0.717, 1.165) is 12.3 Å². The Balaban J connectivity index is 2.06. The molecule has 1 aliphatic rings. The number of aromatic nitrogens is 2. The van der Waals surface area contributed by atoms with Crippen LogP contribution in [0.3, 0.4) is 0 Å². The summed E-state index contributed by atoms with van der Waals surface area (Å²) in [6.07, 6.45) is -5.70. The van der Waals surface area contributed by atoms with Crippen molar-refractivity contribution in [1.29, 1.82) is 0 Å². The van der Waals surface area contributed by atoms with E-state index in [-0.39, 0.29) is 0 Å². The van der Waals surface area contributed by atoms with Crippen LogP contribution in [0.25, 0.3) is 0 Å². The molecule has 2 unspecified atom stereocenters. The highest BCUT2D eigenvalue weighted by atomic mass is 31.3. The number of aliphatic hydroxyl groups excluding tert-OH is 2. The molecule has 0 spiro atoms. The smallest absolute Gasteiger partial charge is 0.387 e. The molecule has 0 bridgehead atoms. The first kappa shape index (κ1) is 24.2. The Kier molecular flexibility index (Phi) is 7.20. The van der Waals surface area contributed by atoms with Gasteiger partial charge in [0.05, 0.1) is 6.61 Å². The van der Waals surface area contributed by atoms with E-state index >= 15 is 0 Å². The molecule has 0 aliphatic carbocycles. The third-order valence-corrected chi connectivity index (χ3v) is 7.08. The van der Waals surface area contributed by atoms with Gasteiger partial charge in [-0.05, 0) is 0 Å². The van der Waals surface area contributed by atoms with Crippen LogP contribution >= 0.6 is 23.5 Å². The molecule has 1 aromatic heterocycles. The van der Waals surface area contributed by atoms with Gasteiger partial charge in [-0.2, -0.15) is 8.62 Å². The minimum Gasteiger partial charge on any atom is -0.387 e. The molecule has 166 valence electrons. The Labute approximate surface area is 159 Å². The Morgan fingerprint density at radius 2 is 1.66 bits per heavy atom. The Hall–Kier alpha value is -1.03. The molecule has 17 nitrogen and oxygen atoms in total. The van der Waals surface area contributed by atoms with E-state index < -0.39 is 65.9 Å². The summed E-state index contributed by atoms with van der Waals surface area (Å²) >= 11 is 0. The summed E-state index contributed by atoms with van der Waals surface area (Å²) in [5, 5.41) is 19.9. The van der Waals surface area contributed by atoms with Crippen molar-refractivity contribution in [2.45, 2.75) is 24.5 Å². The predicted molar refractivity (Wildman–Crippen MR) is 87.1 cm³/mol. The van der Waals surface area contributed by atoms with Crippen molar-refractivity contribution >= 4 is 23.5 Å². The van der Waals surface area contributed by atoms with Crippen LogP contribution in [0.4, 0.5) is 0 Å². The van der Waals surface area contributed by atoms with Crippen molar-refractivity contribution < 1.29 is 61.4 Å². The van der Waals surface area contributed by atoms with E-state index in [0.29, 0.717) is 4.57 Å². The predicted octanol–water partition coefficient (Wildman–Crippen LogP) is -2.50. The molecule has 29 heavy (non-hydrogen) atoms. The van der Waals surface area contributed by atoms with Gasteiger partial charge in [-0.1, -0.05) is 0 Å². The van der Waals surface area contributed by atoms with E-state index in [1.165, 1.54) is 0 Å². The molecule has 0 radical (unpaired) electrons. The van der Waals surface area contributed by atoms with Crippen molar-refractivity contribution in [3.05, 3.63) is 33.1 Å². The zero-order valence-electron chi connectivity index (χ0n) is 13.8. The fraction of sp³-hybridized carbons (Fsp3) is 0.556. The second kappa shape index (κ2) is 8.61. The number of hydrogen-bond donors (Lipinski definition) is 7. The first-order valence-electron chi connectivity index (χ1n) is 7.22. The summed E-state index contributed by atoms with van der Waals surface area (Å²) in [6.45, 7) is -1.05. The molecule has 7 N–H and O–H groups in total. The minimum absolute atomic E-state index is 0.708. The van der Waals surface area contributed by atoms with Crippen molar-refractivity contribution in [1.82, 2.24) is 9.55 Å². The summed E-state index contributed by atoms with van der Waals surface area (Å²) in [5.74, 6) is 0. The number of nitrogens with zero attached hydrogens (tertiary/aromatic N) is 1. The van der Waals surface area contributed by atoms with Gasteiger partial charge in [0.15, 0.2) is 6.23 Å². The quantitative estimate of drug-likeness (QED) is 0.188. The van der Waals surface area contributed by atoms with Crippen LogP contribution in [0.15, 0.2) is 21.9 Å². The van der Waals surface area contributed by atoms with Gasteiger partial charge in [-0.15, -0.1) is 0 Å². The molecule has 20 heteroatoms. The Morgan fingerprint density at radius 1 is 1.03 bits per heavy atom. The van der Waals surface area contributed by atoms with Crippen LogP contribution in [-0.2, 0) is 31.6 Å². The lowest BCUT2D eigenvalue weighted by Crippen LogP contribution is -2.37. The third-order valence-electron chi connectivity index (χ3n) is 3.28. The maximum atomic E-state index is 11.7. The molecule has 0 amide bonds. The topological polar surface area (TPSA) is 264 Å². The third kappa shape index (κ3) is 6.73.